The molecule has 0 aromatic heterocycles. The Bertz CT molecular complexity index is 513. The highest BCUT2D eigenvalue weighted by Gasteiger charge is 2.06. The second kappa shape index (κ2) is 5.27. The quantitative estimate of drug-likeness (QED) is 0.352. The maximum absolute atomic E-state index is 10.5. The van der Waals surface area contributed by atoms with Gasteiger partial charge in [0.2, 0.25) is 0 Å². The standard InChI is InChI=1S/C10H7N3O4/c11-5-7(10(14)15)6-12-8-1-3-9(4-2-8)13(16)17/h1-4,6,12H,(H,14,15)/b7-6+. The Kier molecular flexibility index (Phi) is 3.78. The molecule has 2 N–H and O–H groups in total. The fraction of sp³-hybridized carbons (Fsp3) is 0. The number of aliphatic carboxylic acids is 1. The van der Waals surface area contributed by atoms with Crippen LogP contribution in [0.4, 0.5) is 11.4 Å². The first-order chi connectivity index (χ1) is 8.04. The average molecular weight is 233 g/mol. The van der Waals surface area contributed by atoms with E-state index in [0.717, 1.165) is 6.20 Å². The maximum atomic E-state index is 10.5. The number of hydrogen-bond donors (Lipinski definition) is 2. The number of nitriles is 1. The number of rotatable bonds is 4. The molecule has 0 aliphatic rings. The van der Waals surface area contributed by atoms with Crippen LogP contribution in [-0.2, 0) is 4.79 Å². The second-order valence-electron chi connectivity index (χ2n) is 2.92. The fourth-order valence-corrected chi connectivity index (χ4v) is 0.977. The molecule has 0 spiro atoms. The number of non-ortho nitro benzene ring substituents is 1. The van der Waals surface area contributed by atoms with E-state index >= 15 is 0 Å². The molecule has 1 aromatic rings. The molecule has 0 heterocycles. The molecule has 0 fully saturated rings. The number of carbonyl (C=O) groups is 1. The van der Waals surface area contributed by atoms with E-state index in [1.807, 2.05) is 0 Å². The number of carboxylic acid groups (broad SMARTS) is 1. The molecule has 17 heavy (non-hydrogen) atoms. The Morgan fingerprint density at radius 2 is 2.06 bits per heavy atom. The number of nitrogens with one attached hydrogen (secondary N) is 1. The van der Waals surface area contributed by atoms with Crippen molar-refractivity contribution in [3.8, 4) is 6.07 Å². The molecule has 1 aromatic carbocycles. The van der Waals surface area contributed by atoms with E-state index < -0.39 is 16.5 Å². The average Bonchev–Trinajstić information content (AvgIpc) is 2.30. The van der Waals surface area contributed by atoms with Gasteiger partial charge in [-0.2, -0.15) is 5.26 Å². The summed E-state index contributed by atoms with van der Waals surface area (Å²) in [6, 6.07) is 6.84. The van der Waals surface area contributed by atoms with Crippen LogP contribution in [-0.4, -0.2) is 16.0 Å². The Labute approximate surface area is 95.8 Å². The molecule has 0 unspecified atom stereocenters. The van der Waals surface area contributed by atoms with Gasteiger partial charge in [-0.3, -0.25) is 10.1 Å². The maximum Gasteiger partial charge on any atom is 0.347 e. The number of hydrogen-bond acceptors (Lipinski definition) is 5. The highest BCUT2D eigenvalue weighted by Crippen LogP contribution is 2.15. The van der Waals surface area contributed by atoms with Gasteiger partial charge in [-0.1, -0.05) is 0 Å². The minimum absolute atomic E-state index is 0.0710. The van der Waals surface area contributed by atoms with Crippen LogP contribution in [0.25, 0.3) is 0 Å². The van der Waals surface area contributed by atoms with Crippen LogP contribution < -0.4 is 5.32 Å². The second-order valence-corrected chi connectivity index (χ2v) is 2.92. The van der Waals surface area contributed by atoms with Crippen molar-refractivity contribution in [3.63, 3.8) is 0 Å². The van der Waals surface area contributed by atoms with Crippen molar-refractivity contribution in [2.75, 3.05) is 5.32 Å². The Morgan fingerprint density at radius 3 is 2.47 bits per heavy atom. The van der Waals surface area contributed by atoms with E-state index in [-0.39, 0.29) is 5.69 Å². The van der Waals surface area contributed by atoms with Gasteiger partial charge < -0.3 is 10.4 Å². The summed E-state index contributed by atoms with van der Waals surface area (Å²) in [6.07, 6.45) is 1.02. The molecule has 0 saturated carbocycles. The molecule has 0 bridgehead atoms. The molecule has 0 saturated heterocycles. The first-order valence-electron chi connectivity index (χ1n) is 4.39. The van der Waals surface area contributed by atoms with Gasteiger partial charge in [0.15, 0.2) is 5.57 Å². The predicted molar refractivity (Wildman–Crippen MR) is 58.1 cm³/mol. The molecule has 0 radical (unpaired) electrons. The number of nitrogens with zero attached hydrogens (tertiary/aromatic N) is 2. The summed E-state index contributed by atoms with van der Waals surface area (Å²) < 4.78 is 0. The van der Waals surface area contributed by atoms with E-state index in [4.69, 9.17) is 10.4 Å². The van der Waals surface area contributed by atoms with E-state index in [9.17, 15) is 14.9 Å². The zero-order chi connectivity index (χ0) is 12.8. The molecule has 0 amide bonds. The highest BCUT2D eigenvalue weighted by atomic mass is 16.6. The Hall–Kier alpha value is -2.88. The third kappa shape index (κ3) is 3.32. The van der Waals surface area contributed by atoms with Gasteiger partial charge in [-0.15, -0.1) is 0 Å². The third-order valence-corrected chi connectivity index (χ3v) is 1.81. The summed E-state index contributed by atoms with van der Waals surface area (Å²) in [6.45, 7) is 0. The SMILES string of the molecule is N#C/C(=C\Nc1ccc([N+](=O)[O-])cc1)C(=O)O. The molecule has 0 aliphatic carbocycles. The monoisotopic (exact) mass is 233 g/mol. The van der Waals surface area contributed by atoms with Crippen LogP contribution in [0.3, 0.4) is 0 Å². The first-order valence-corrected chi connectivity index (χ1v) is 4.39. The largest absolute Gasteiger partial charge is 0.477 e. The van der Waals surface area contributed by atoms with Crippen molar-refractivity contribution in [1.82, 2.24) is 0 Å². The molecule has 0 aliphatic heterocycles. The molecular formula is C10H7N3O4. The summed E-state index contributed by atoms with van der Waals surface area (Å²) >= 11 is 0. The van der Waals surface area contributed by atoms with Crippen molar-refractivity contribution in [2.24, 2.45) is 0 Å². The predicted octanol–water partition coefficient (Wildman–Crippen LogP) is 1.50. The highest BCUT2D eigenvalue weighted by molar-refractivity contribution is 5.91. The molecule has 7 nitrogen and oxygen atoms in total. The van der Waals surface area contributed by atoms with Crippen molar-refractivity contribution in [2.45, 2.75) is 0 Å². The van der Waals surface area contributed by atoms with Crippen LogP contribution in [0.5, 0.6) is 0 Å². The van der Waals surface area contributed by atoms with Crippen LogP contribution in [0.2, 0.25) is 0 Å². The van der Waals surface area contributed by atoms with E-state index in [1.165, 1.54) is 30.3 Å². The minimum atomic E-state index is -1.35. The zero-order valence-corrected chi connectivity index (χ0v) is 8.45. The summed E-state index contributed by atoms with van der Waals surface area (Å²) in [5, 5.41) is 29.9. The van der Waals surface area contributed by atoms with Crippen LogP contribution in [0.15, 0.2) is 36.0 Å². The lowest BCUT2D eigenvalue weighted by atomic mass is 10.3. The van der Waals surface area contributed by atoms with Crippen molar-refractivity contribution in [3.05, 3.63) is 46.2 Å². The van der Waals surface area contributed by atoms with Crippen LogP contribution in [0, 0.1) is 21.4 Å². The zero-order valence-electron chi connectivity index (χ0n) is 8.45. The lowest BCUT2D eigenvalue weighted by molar-refractivity contribution is -0.384. The Balaban J connectivity index is 2.80. The molecule has 86 valence electrons. The van der Waals surface area contributed by atoms with Crippen molar-refractivity contribution < 1.29 is 14.8 Å². The molecule has 7 heteroatoms. The normalized spacial score (nSPS) is 10.4. The smallest absolute Gasteiger partial charge is 0.347 e. The van der Waals surface area contributed by atoms with Gasteiger partial charge >= 0.3 is 5.97 Å². The number of nitro groups is 1. The van der Waals surface area contributed by atoms with Gasteiger partial charge in [0, 0.05) is 24.0 Å². The molecule has 1 rings (SSSR count). The summed E-state index contributed by atoms with van der Waals surface area (Å²) in [4.78, 5) is 20.3. The summed E-state index contributed by atoms with van der Waals surface area (Å²) in [5.41, 5.74) is -0.0776. The van der Waals surface area contributed by atoms with Crippen molar-refractivity contribution >= 4 is 17.3 Å². The van der Waals surface area contributed by atoms with E-state index in [2.05, 4.69) is 5.32 Å². The number of benzene rings is 1. The van der Waals surface area contributed by atoms with E-state index in [1.54, 1.807) is 0 Å². The van der Waals surface area contributed by atoms with Gasteiger partial charge in [-0.25, -0.2) is 4.79 Å². The summed E-state index contributed by atoms with van der Waals surface area (Å²) in [7, 11) is 0. The van der Waals surface area contributed by atoms with Gasteiger partial charge in [0.25, 0.3) is 5.69 Å². The number of nitro benzene ring substituents is 1. The number of carboxylic acids is 1. The van der Waals surface area contributed by atoms with Crippen LogP contribution >= 0.6 is 0 Å². The van der Waals surface area contributed by atoms with Gasteiger partial charge in [-0.05, 0) is 12.1 Å². The Morgan fingerprint density at radius 1 is 1.47 bits per heavy atom. The third-order valence-electron chi connectivity index (χ3n) is 1.81. The topological polar surface area (TPSA) is 116 Å². The van der Waals surface area contributed by atoms with Crippen LogP contribution in [0.1, 0.15) is 0 Å². The molecule has 0 atom stereocenters. The first kappa shape index (κ1) is 12.2. The fourth-order valence-electron chi connectivity index (χ4n) is 0.977. The van der Waals surface area contributed by atoms with Gasteiger partial charge in [0.05, 0.1) is 4.92 Å². The molecular weight excluding hydrogens is 226 g/mol. The summed E-state index contributed by atoms with van der Waals surface area (Å²) in [5.74, 6) is -1.35. The number of anilines is 1. The van der Waals surface area contributed by atoms with E-state index in [0.29, 0.717) is 5.69 Å². The van der Waals surface area contributed by atoms with Crippen molar-refractivity contribution in [1.29, 1.82) is 5.26 Å². The minimum Gasteiger partial charge on any atom is -0.477 e. The van der Waals surface area contributed by atoms with Gasteiger partial charge in [0.1, 0.15) is 6.07 Å². The lowest BCUT2D eigenvalue weighted by Gasteiger charge is -1.99. The lowest BCUT2D eigenvalue weighted by Crippen LogP contribution is -2.01.